The van der Waals surface area contributed by atoms with E-state index in [9.17, 15) is 9.59 Å². The van der Waals surface area contributed by atoms with Crippen LogP contribution in [0.25, 0.3) is 5.95 Å². The van der Waals surface area contributed by atoms with Gasteiger partial charge in [-0.2, -0.15) is 9.78 Å². The highest BCUT2D eigenvalue weighted by atomic mass is 35.5. The van der Waals surface area contributed by atoms with Crippen LogP contribution in [-0.2, 0) is 0 Å². The van der Waals surface area contributed by atoms with Crippen molar-refractivity contribution >= 4 is 34.7 Å². The molecule has 0 unspecified atom stereocenters. The van der Waals surface area contributed by atoms with E-state index in [-0.39, 0.29) is 17.4 Å². The molecule has 0 atom stereocenters. The third-order valence-corrected chi connectivity index (χ3v) is 4.82. The number of aromatic nitrogens is 4. The van der Waals surface area contributed by atoms with Gasteiger partial charge in [0.05, 0.1) is 10.7 Å². The Kier molecular flexibility index (Phi) is 4.25. The van der Waals surface area contributed by atoms with Crippen molar-refractivity contribution in [3.8, 4) is 5.95 Å². The summed E-state index contributed by atoms with van der Waals surface area (Å²) >= 11 is 7.23. The van der Waals surface area contributed by atoms with Crippen LogP contribution in [0.4, 0.5) is 5.82 Å². The lowest BCUT2D eigenvalue weighted by molar-refractivity contribution is 0.103. The first-order valence-corrected chi connectivity index (χ1v) is 8.31. The maximum Gasteiger partial charge on any atom is 0.268 e. The van der Waals surface area contributed by atoms with Gasteiger partial charge < -0.3 is 5.32 Å². The zero-order chi connectivity index (χ0) is 17.4. The molecule has 24 heavy (non-hydrogen) atoms. The van der Waals surface area contributed by atoms with E-state index in [0.29, 0.717) is 32.7 Å². The lowest BCUT2D eigenvalue weighted by Gasteiger charge is -2.09. The molecule has 0 aromatic carbocycles. The van der Waals surface area contributed by atoms with Crippen LogP contribution in [0.1, 0.15) is 26.6 Å². The van der Waals surface area contributed by atoms with E-state index in [1.165, 1.54) is 16.0 Å². The maximum absolute atomic E-state index is 12.4. The molecule has 3 rings (SSSR count). The predicted octanol–water partition coefficient (Wildman–Crippen LogP) is 2.85. The number of amides is 1. The smallest absolute Gasteiger partial charge is 0.268 e. The van der Waals surface area contributed by atoms with Crippen LogP contribution in [0.15, 0.2) is 22.3 Å². The Morgan fingerprint density at radius 1 is 1.38 bits per heavy atom. The first-order chi connectivity index (χ1) is 11.4. The summed E-state index contributed by atoms with van der Waals surface area (Å²) in [6, 6.07) is 3.35. The van der Waals surface area contributed by atoms with Crippen molar-refractivity contribution < 1.29 is 4.79 Å². The van der Waals surface area contributed by atoms with Crippen molar-refractivity contribution in [2.45, 2.75) is 20.8 Å². The number of H-pyrrole nitrogens is 1. The third-order valence-electron chi connectivity index (χ3n) is 3.48. The molecule has 7 nitrogen and oxygen atoms in total. The molecule has 3 heterocycles. The van der Waals surface area contributed by atoms with Crippen LogP contribution < -0.4 is 10.9 Å². The highest BCUT2D eigenvalue weighted by molar-refractivity contribution is 7.12. The molecule has 9 heteroatoms. The molecule has 0 fully saturated rings. The molecule has 0 spiro atoms. The largest absolute Gasteiger partial charge is 0.306 e. The van der Waals surface area contributed by atoms with Crippen LogP contribution in [-0.4, -0.2) is 25.7 Å². The number of anilines is 1. The predicted molar refractivity (Wildman–Crippen MR) is 93.5 cm³/mol. The molecule has 0 aliphatic heterocycles. The van der Waals surface area contributed by atoms with Gasteiger partial charge in [-0.3, -0.25) is 14.6 Å². The average Bonchev–Trinajstić information content (AvgIpc) is 3.10. The Hall–Kier alpha value is -2.45. The van der Waals surface area contributed by atoms with E-state index >= 15 is 0 Å². The van der Waals surface area contributed by atoms with Gasteiger partial charge in [0.15, 0.2) is 0 Å². The molecule has 2 N–H and O–H groups in total. The summed E-state index contributed by atoms with van der Waals surface area (Å²) in [5.41, 5.74) is 1.56. The molecule has 0 bridgehead atoms. The van der Waals surface area contributed by atoms with Crippen molar-refractivity contribution in [2.24, 2.45) is 0 Å². The number of nitrogens with zero attached hydrogens (tertiary/aromatic N) is 3. The molecule has 0 saturated carbocycles. The topological polar surface area (TPSA) is 92.7 Å². The van der Waals surface area contributed by atoms with Crippen LogP contribution in [0.2, 0.25) is 5.02 Å². The summed E-state index contributed by atoms with van der Waals surface area (Å²) < 4.78 is 1.39. The second-order valence-electron chi connectivity index (χ2n) is 5.23. The van der Waals surface area contributed by atoms with Gasteiger partial charge in [0.25, 0.3) is 11.5 Å². The first kappa shape index (κ1) is 16.4. The van der Waals surface area contributed by atoms with Gasteiger partial charge in [0.2, 0.25) is 5.95 Å². The van der Waals surface area contributed by atoms with Gasteiger partial charge in [0, 0.05) is 17.3 Å². The fraction of sp³-hybridized carbons (Fsp3) is 0.200. The summed E-state index contributed by atoms with van der Waals surface area (Å²) in [5.74, 6) is 0.291. The van der Waals surface area contributed by atoms with Crippen molar-refractivity contribution in [3.05, 3.63) is 54.7 Å². The van der Waals surface area contributed by atoms with Crippen molar-refractivity contribution in [3.63, 3.8) is 0 Å². The van der Waals surface area contributed by atoms with E-state index < -0.39 is 0 Å². The summed E-state index contributed by atoms with van der Waals surface area (Å²) in [5, 5.41) is 9.17. The minimum Gasteiger partial charge on any atom is -0.306 e. The number of hydrogen-bond donors (Lipinski definition) is 2. The normalized spacial score (nSPS) is 10.8. The molecule has 3 aromatic heterocycles. The molecule has 3 aromatic rings. The molecule has 124 valence electrons. The second kappa shape index (κ2) is 6.21. The zero-order valence-electron chi connectivity index (χ0n) is 13.2. The Morgan fingerprint density at radius 2 is 2.12 bits per heavy atom. The monoisotopic (exact) mass is 363 g/mol. The number of rotatable bonds is 3. The molecule has 0 saturated heterocycles. The van der Waals surface area contributed by atoms with Gasteiger partial charge in [0.1, 0.15) is 10.7 Å². The standard InChI is InChI=1S/C15H14ClN5O2S/c1-7-6-11(18-14(23)12-10(16)4-5-24-12)21(20-7)15-17-9(3)8(2)13(22)19-15/h4-6H,1-3H3,(H,18,23)(H,17,19,22). The second-order valence-corrected chi connectivity index (χ2v) is 6.56. The number of halogens is 1. The number of carbonyl (C=O) groups is 1. The Balaban J connectivity index is 2.01. The van der Waals surface area contributed by atoms with Gasteiger partial charge in [-0.05, 0) is 32.2 Å². The van der Waals surface area contributed by atoms with E-state index in [0.717, 1.165) is 0 Å². The number of nitrogens with one attached hydrogen (secondary N) is 2. The molecule has 0 radical (unpaired) electrons. The molecule has 0 aliphatic rings. The van der Waals surface area contributed by atoms with Crippen LogP contribution in [0.5, 0.6) is 0 Å². The molecular formula is C15H14ClN5O2S. The van der Waals surface area contributed by atoms with Crippen molar-refractivity contribution in [1.29, 1.82) is 0 Å². The number of hydrogen-bond acceptors (Lipinski definition) is 5. The number of carbonyl (C=O) groups excluding carboxylic acids is 1. The van der Waals surface area contributed by atoms with Gasteiger partial charge in [-0.15, -0.1) is 11.3 Å². The van der Waals surface area contributed by atoms with E-state index in [2.05, 4.69) is 20.4 Å². The SMILES string of the molecule is Cc1cc(NC(=O)c2sccc2Cl)n(-c2nc(C)c(C)c(=O)[nH]2)n1. The number of thiophene rings is 1. The van der Waals surface area contributed by atoms with E-state index in [1.807, 2.05) is 0 Å². The Labute approximate surface area is 146 Å². The van der Waals surface area contributed by atoms with Crippen LogP contribution >= 0.6 is 22.9 Å². The van der Waals surface area contributed by atoms with E-state index in [4.69, 9.17) is 11.6 Å². The van der Waals surface area contributed by atoms with Crippen LogP contribution in [0, 0.1) is 20.8 Å². The minimum atomic E-state index is -0.345. The van der Waals surface area contributed by atoms with Gasteiger partial charge in [-0.25, -0.2) is 4.98 Å². The fourth-order valence-corrected chi connectivity index (χ4v) is 3.15. The molecule has 1 amide bonds. The summed E-state index contributed by atoms with van der Waals surface area (Å²) in [7, 11) is 0. The minimum absolute atomic E-state index is 0.240. The van der Waals surface area contributed by atoms with Crippen LogP contribution in [0.3, 0.4) is 0 Å². The summed E-state index contributed by atoms with van der Waals surface area (Å²) in [4.78, 5) is 31.7. The van der Waals surface area contributed by atoms with Crippen molar-refractivity contribution in [2.75, 3.05) is 5.32 Å². The lowest BCUT2D eigenvalue weighted by Crippen LogP contribution is -2.20. The average molecular weight is 364 g/mol. The molecular weight excluding hydrogens is 350 g/mol. The maximum atomic E-state index is 12.4. The number of aryl methyl sites for hydroxylation is 2. The highest BCUT2D eigenvalue weighted by Crippen LogP contribution is 2.24. The molecule has 0 aliphatic carbocycles. The fourth-order valence-electron chi connectivity index (χ4n) is 2.11. The van der Waals surface area contributed by atoms with Crippen molar-refractivity contribution in [1.82, 2.24) is 19.7 Å². The summed E-state index contributed by atoms with van der Waals surface area (Å²) in [6.45, 7) is 5.22. The zero-order valence-corrected chi connectivity index (χ0v) is 14.7. The first-order valence-electron chi connectivity index (χ1n) is 7.05. The van der Waals surface area contributed by atoms with E-state index in [1.54, 1.807) is 38.3 Å². The Bertz CT molecular complexity index is 988. The Morgan fingerprint density at radius 3 is 2.75 bits per heavy atom. The van der Waals surface area contributed by atoms with Gasteiger partial charge >= 0.3 is 0 Å². The number of aromatic amines is 1. The highest BCUT2D eigenvalue weighted by Gasteiger charge is 2.17. The quantitative estimate of drug-likeness (QED) is 0.748. The lowest BCUT2D eigenvalue weighted by atomic mass is 10.3. The summed E-state index contributed by atoms with van der Waals surface area (Å²) in [6.07, 6.45) is 0. The third kappa shape index (κ3) is 2.98. The van der Waals surface area contributed by atoms with Gasteiger partial charge in [-0.1, -0.05) is 11.6 Å².